The number of rotatable bonds is 12. The number of nitrogens with zero attached hydrogens (tertiary/aromatic N) is 1. The molecule has 1 amide bonds. The second kappa shape index (κ2) is 14.2. The van der Waals surface area contributed by atoms with Gasteiger partial charge in [-0.05, 0) is 107 Å². The van der Waals surface area contributed by atoms with Crippen molar-refractivity contribution in [2.24, 2.45) is 16.5 Å². The number of fused-ring (bicyclic) bond motifs is 1. The van der Waals surface area contributed by atoms with Crippen LogP contribution in [0.4, 0.5) is 10.5 Å². The Bertz CT molecular complexity index is 1550. The van der Waals surface area contributed by atoms with Crippen LogP contribution in [0.3, 0.4) is 0 Å². The van der Waals surface area contributed by atoms with Crippen molar-refractivity contribution in [1.29, 1.82) is 0 Å². The van der Waals surface area contributed by atoms with Crippen molar-refractivity contribution in [3.05, 3.63) is 94.5 Å². The fraction of sp³-hybridized carbons (Fsp3) is 0.417. The predicted octanol–water partition coefficient (Wildman–Crippen LogP) is 6.36. The van der Waals surface area contributed by atoms with Gasteiger partial charge >= 0.3 is 12.1 Å². The van der Waals surface area contributed by atoms with E-state index in [1.165, 1.54) is 11.1 Å². The lowest BCUT2D eigenvalue weighted by molar-refractivity contribution is -0.158. The Labute approximate surface area is 266 Å². The number of benzene rings is 3. The van der Waals surface area contributed by atoms with E-state index in [1.807, 2.05) is 71.0 Å². The van der Waals surface area contributed by atoms with Crippen LogP contribution in [0.2, 0.25) is 0 Å². The Kier molecular flexibility index (Phi) is 10.5. The summed E-state index contributed by atoms with van der Waals surface area (Å²) in [5, 5.41) is 2.87. The molecule has 0 aliphatic carbocycles. The van der Waals surface area contributed by atoms with Crippen LogP contribution in [0.5, 0.6) is 5.75 Å². The van der Waals surface area contributed by atoms with Crippen LogP contribution in [0, 0.1) is 6.92 Å². The third-order valence-electron chi connectivity index (χ3n) is 8.01. The summed E-state index contributed by atoms with van der Waals surface area (Å²) in [6.07, 6.45) is 2.04. The van der Waals surface area contributed by atoms with Gasteiger partial charge in [-0.2, -0.15) is 0 Å². The highest BCUT2D eigenvalue weighted by atomic mass is 16.6. The van der Waals surface area contributed by atoms with Gasteiger partial charge in [-0.15, -0.1) is 0 Å². The third-order valence-corrected chi connectivity index (χ3v) is 8.01. The number of amides is 1. The van der Waals surface area contributed by atoms with Gasteiger partial charge in [0.05, 0.1) is 0 Å². The molecule has 4 rings (SSSR count). The van der Waals surface area contributed by atoms with Crippen molar-refractivity contribution in [2.45, 2.75) is 97.1 Å². The van der Waals surface area contributed by atoms with Crippen LogP contribution in [0.1, 0.15) is 81.3 Å². The average molecular weight is 615 g/mol. The number of hydrogen-bond acceptors (Lipinski definition) is 8. The maximum atomic E-state index is 13.0. The molecule has 0 spiro atoms. The first-order valence-electron chi connectivity index (χ1n) is 15.4. The molecule has 0 fully saturated rings. The fourth-order valence-corrected chi connectivity index (χ4v) is 5.10. The minimum absolute atomic E-state index is 0.312. The van der Waals surface area contributed by atoms with E-state index in [4.69, 9.17) is 25.7 Å². The summed E-state index contributed by atoms with van der Waals surface area (Å²) in [6, 6.07) is 20.4. The van der Waals surface area contributed by atoms with Crippen molar-refractivity contribution in [3.8, 4) is 5.75 Å². The molecular weight excluding hydrogens is 568 g/mol. The summed E-state index contributed by atoms with van der Waals surface area (Å²) in [7, 11) is 0. The first-order chi connectivity index (χ1) is 21.2. The van der Waals surface area contributed by atoms with Crippen LogP contribution in [-0.2, 0) is 33.7 Å². The Hall–Kier alpha value is -4.37. The highest BCUT2D eigenvalue weighted by Crippen LogP contribution is 2.34. The quantitative estimate of drug-likeness (QED) is 0.202. The van der Waals surface area contributed by atoms with Crippen molar-refractivity contribution in [2.75, 3.05) is 0 Å². The lowest BCUT2D eigenvalue weighted by Crippen LogP contribution is -2.35. The van der Waals surface area contributed by atoms with Crippen LogP contribution >= 0.6 is 0 Å². The van der Waals surface area contributed by atoms with Gasteiger partial charge in [0.2, 0.25) is 0 Å². The largest absolute Gasteiger partial charge is 0.481 e. The summed E-state index contributed by atoms with van der Waals surface area (Å²) >= 11 is 0. The number of nitrogens with one attached hydrogen (secondary N) is 1. The molecule has 0 saturated heterocycles. The maximum Gasteiger partial charge on any atom is 0.407 e. The van der Waals surface area contributed by atoms with E-state index in [0.717, 1.165) is 24.0 Å². The molecule has 3 aromatic carbocycles. The molecule has 9 nitrogen and oxygen atoms in total. The molecule has 45 heavy (non-hydrogen) atoms. The van der Waals surface area contributed by atoms with Gasteiger partial charge in [0, 0.05) is 6.54 Å². The molecule has 5 N–H and O–H groups in total. The lowest BCUT2D eigenvalue weighted by atomic mass is 9.96. The van der Waals surface area contributed by atoms with Gasteiger partial charge < -0.3 is 31.0 Å². The molecule has 0 bridgehead atoms. The summed E-state index contributed by atoms with van der Waals surface area (Å²) in [4.78, 5) is 30.0. The molecule has 1 aliphatic rings. The zero-order chi connectivity index (χ0) is 32.8. The number of carbonyl (C=O) groups is 2. The molecule has 0 saturated carbocycles. The summed E-state index contributed by atoms with van der Waals surface area (Å²) in [6.45, 7) is 11.9. The maximum absolute atomic E-state index is 13.0. The van der Waals surface area contributed by atoms with Gasteiger partial charge in [0.15, 0.2) is 6.10 Å². The zero-order valence-electron chi connectivity index (χ0n) is 27.2. The third kappa shape index (κ3) is 9.56. The number of alkyl carbamates (subject to hydrolysis) is 1. The summed E-state index contributed by atoms with van der Waals surface area (Å²) in [5.41, 5.74) is 16.4. The topological polar surface area (TPSA) is 138 Å². The number of amidine groups is 1. The summed E-state index contributed by atoms with van der Waals surface area (Å²) in [5.74, 6) is 0.430. The lowest BCUT2D eigenvalue weighted by Gasteiger charge is -2.27. The standard InChI is InChI=1S/C36H46N4O5/c1-23-10-7-8-13-27(23)17-19-36(5,6)45-34(42)39-22-26-12-9-11-25(20-26)16-18-35(3,4)44-33(41)31(37)28-14-15-30-29(21-28)40-32(38)24(2)43-30/h7-15,20-21,24,31H,16-19,22,37H2,1-6H3,(H2,38,40)(H,39,42). The van der Waals surface area contributed by atoms with E-state index in [-0.39, 0.29) is 6.10 Å². The van der Waals surface area contributed by atoms with Crippen LogP contribution in [0.15, 0.2) is 71.7 Å². The number of nitrogens with two attached hydrogens (primary N) is 2. The van der Waals surface area contributed by atoms with Gasteiger partial charge in [-0.25, -0.2) is 14.6 Å². The minimum atomic E-state index is -0.980. The molecule has 2 atom stereocenters. The van der Waals surface area contributed by atoms with Crippen molar-refractivity contribution in [3.63, 3.8) is 0 Å². The minimum Gasteiger partial charge on any atom is -0.481 e. The SMILES string of the molecule is Cc1ccccc1CCC(C)(C)OC(=O)NCc1cccc(CCC(C)(C)OC(=O)C(N)c2ccc3c(c2)N=C(N)C(C)O3)c1. The number of esters is 1. The summed E-state index contributed by atoms with van der Waals surface area (Å²) < 4.78 is 17.3. The number of carbonyl (C=O) groups excluding carboxylic acids is 2. The second-order valence-electron chi connectivity index (χ2n) is 12.9. The number of aryl methyl sites for hydroxylation is 3. The molecule has 1 heterocycles. The van der Waals surface area contributed by atoms with Crippen LogP contribution in [0.25, 0.3) is 0 Å². The number of hydrogen-bond donors (Lipinski definition) is 3. The Morgan fingerprint density at radius 3 is 2.38 bits per heavy atom. The molecule has 3 aromatic rings. The van der Waals surface area contributed by atoms with E-state index in [2.05, 4.69) is 29.4 Å². The molecule has 2 unspecified atom stereocenters. The number of aliphatic imine (C=N–C) groups is 1. The molecule has 240 valence electrons. The van der Waals surface area contributed by atoms with Crippen LogP contribution in [-0.4, -0.2) is 35.2 Å². The van der Waals surface area contributed by atoms with E-state index >= 15 is 0 Å². The number of ether oxygens (including phenoxy) is 3. The van der Waals surface area contributed by atoms with Gasteiger partial charge in [-0.3, -0.25) is 0 Å². The monoisotopic (exact) mass is 614 g/mol. The predicted molar refractivity (Wildman–Crippen MR) is 177 cm³/mol. The van der Waals surface area contributed by atoms with Gasteiger partial charge in [0.1, 0.15) is 34.5 Å². The Morgan fingerprint density at radius 2 is 1.62 bits per heavy atom. The zero-order valence-corrected chi connectivity index (χ0v) is 27.2. The molecule has 0 aromatic heterocycles. The highest BCUT2D eigenvalue weighted by molar-refractivity contribution is 5.90. The molecule has 0 radical (unpaired) electrons. The average Bonchev–Trinajstić information content (AvgIpc) is 2.98. The van der Waals surface area contributed by atoms with E-state index in [1.54, 1.807) is 18.2 Å². The fourth-order valence-electron chi connectivity index (χ4n) is 5.10. The Balaban J connectivity index is 1.25. The Morgan fingerprint density at radius 1 is 0.933 bits per heavy atom. The first-order valence-corrected chi connectivity index (χ1v) is 15.4. The van der Waals surface area contributed by atoms with Crippen LogP contribution < -0.4 is 21.5 Å². The van der Waals surface area contributed by atoms with Gasteiger partial charge in [-0.1, -0.05) is 54.6 Å². The molecule has 1 aliphatic heterocycles. The van der Waals surface area contributed by atoms with Crippen molar-refractivity contribution < 1.29 is 23.8 Å². The van der Waals surface area contributed by atoms with Crippen molar-refractivity contribution in [1.82, 2.24) is 5.32 Å². The van der Waals surface area contributed by atoms with Gasteiger partial charge in [0.25, 0.3) is 0 Å². The second-order valence-corrected chi connectivity index (χ2v) is 12.9. The van der Waals surface area contributed by atoms with E-state index in [0.29, 0.717) is 42.2 Å². The first kappa shape index (κ1) is 33.5. The van der Waals surface area contributed by atoms with E-state index in [9.17, 15) is 9.59 Å². The van der Waals surface area contributed by atoms with Crippen molar-refractivity contribution >= 4 is 23.6 Å². The smallest absolute Gasteiger partial charge is 0.407 e. The highest BCUT2D eigenvalue weighted by Gasteiger charge is 2.29. The molecular formula is C36H46N4O5. The molecule has 9 heteroatoms. The van der Waals surface area contributed by atoms with E-state index < -0.39 is 29.3 Å². The normalized spacial score (nSPS) is 15.3.